The Balaban J connectivity index is 2.87. The van der Waals surface area contributed by atoms with Crippen LogP contribution < -0.4 is 10.4 Å². The Morgan fingerprint density at radius 3 is 2.92 bits per heavy atom. The first-order valence-corrected chi connectivity index (χ1v) is 4.07. The van der Waals surface area contributed by atoms with Gasteiger partial charge < -0.3 is 4.74 Å². The molecule has 0 aliphatic rings. The van der Waals surface area contributed by atoms with Gasteiger partial charge in [-0.15, -0.1) is 5.10 Å². The van der Waals surface area contributed by atoms with Gasteiger partial charge in [0.05, 0.1) is 6.61 Å². The summed E-state index contributed by atoms with van der Waals surface area (Å²) >= 11 is 0. The largest absolute Gasteiger partial charge is 0.464 e. The van der Waals surface area contributed by atoms with Crippen molar-refractivity contribution in [2.45, 2.75) is 26.8 Å². The minimum atomic E-state index is -0.208. The summed E-state index contributed by atoms with van der Waals surface area (Å²) in [7, 11) is 0. The molecule has 0 spiro atoms. The Morgan fingerprint density at radius 2 is 2.33 bits per heavy atom. The van der Waals surface area contributed by atoms with Crippen molar-refractivity contribution in [2.24, 2.45) is 0 Å². The second-order valence-corrected chi connectivity index (χ2v) is 2.40. The van der Waals surface area contributed by atoms with Gasteiger partial charge in [-0.05, 0) is 13.3 Å². The van der Waals surface area contributed by atoms with E-state index in [1.54, 1.807) is 0 Å². The van der Waals surface area contributed by atoms with Crippen LogP contribution in [0.4, 0.5) is 0 Å². The van der Waals surface area contributed by atoms with Crippen LogP contribution in [0.2, 0.25) is 0 Å². The van der Waals surface area contributed by atoms with E-state index >= 15 is 0 Å². The fraction of sp³-hybridized carbons (Fsp3) is 0.714. The molecule has 1 rings (SSSR count). The Labute approximate surface area is 70.4 Å². The summed E-state index contributed by atoms with van der Waals surface area (Å²) in [6, 6.07) is 0.379. The van der Waals surface area contributed by atoms with E-state index in [0.717, 1.165) is 6.42 Å². The van der Waals surface area contributed by atoms with Crippen LogP contribution in [0.15, 0.2) is 4.79 Å². The van der Waals surface area contributed by atoms with Crippen LogP contribution in [0.1, 0.15) is 20.3 Å². The minimum Gasteiger partial charge on any atom is -0.464 e. The fourth-order valence-corrected chi connectivity index (χ4v) is 0.963. The number of H-pyrrole nitrogens is 1. The molecule has 12 heavy (non-hydrogen) atoms. The molecule has 68 valence electrons. The van der Waals surface area contributed by atoms with Crippen molar-refractivity contribution >= 4 is 0 Å². The SMILES string of the molecule is CCCn1c(OCC)n[nH]c1=O. The van der Waals surface area contributed by atoms with Crippen molar-refractivity contribution in [1.29, 1.82) is 0 Å². The minimum absolute atomic E-state index is 0.208. The number of hydrogen-bond acceptors (Lipinski definition) is 3. The Morgan fingerprint density at radius 1 is 1.58 bits per heavy atom. The van der Waals surface area contributed by atoms with Gasteiger partial charge in [-0.1, -0.05) is 6.92 Å². The molecule has 5 nitrogen and oxygen atoms in total. The standard InChI is InChI=1S/C7H13N3O2/c1-3-5-10-6(11)8-9-7(10)12-4-2/h3-5H2,1-2H3,(H,8,11). The topological polar surface area (TPSA) is 59.9 Å². The summed E-state index contributed by atoms with van der Waals surface area (Å²) in [4.78, 5) is 11.1. The molecule has 0 saturated heterocycles. The fourth-order valence-electron chi connectivity index (χ4n) is 0.963. The molecule has 1 N–H and O–H groups in total. The van der Waals surface area contributed by atoms with E-state index in [4.69, 9.17) is 4.74 Å². The molecule has 0 amide bonds. The summed E-state index contributed by atoms with van der Waals surface area (Å²) < 4.78 is 6.62. The lowest BCUT2D eigenvalue weighted by atomic mass is 10.5. The van der Waals surface area contributed by atoms with E-state index in [1.807, 2.05) is 13.8 Å². The zero-order chi connectivity index (χ0) is 8.97. The van der Waals surface area contributed by atoms with E-state index in [2.05, 4.69) is 10.2 Å². The van der Waals surface area contributed by atoms with Gasteiger partial charge in [-0.3, -0.25) is 0 Å². The summed E-state index contributed by atoms with van der Waals surface area (Å²) in [5, 5.41) is 6.07. The van der Waals surface area contributed by atoms with Gasteiger partial charge in [-0.25, -0.2) is 14.5 Å². The lowest BCUT2D eigenvalue weighted by molar-refractivity contribution is 0.293. The highest BCUT2D eigenvalue weighted by Gasteiger charge is 2.06. The summed E-state index contributed by atoms with van der Waals surface area (Å²) in [5.74, 6) is 0. The first-order valence-electron chi connectivity index (χ1n) is 4.07. The van der Waals surface area contributed by atoms with Gasteiger partial charge in [0.25, 0.3) is 0 Å². The molecule has 0 aliphatic carbocycles. The molecule has 0 radical (unpaired) electrons. The highest BCUT2D eigenvalue weighted by Crippen LogP contribution is 2.01. The van der Waals surface area contributed by atoms with E-state index < -0.39 is 0 Å². The van der Waals surface area contributed by atoms with Crippen molar-refractivity contribution in [3.63, 3.8) is 0 Å². The van der Waals surface area contributed by atoms with E-state index in [9.17, 15) is 4.79 Å². The van der Waals surface area contributed by atoms with Crippen molar-refractivity contribution in [3.8, 4) is 6.01 Å². The molecule has 1 aromatic rings. The Kier molecular flexibility index (Phi) is 2.90. The van der Waals surface area contributed by atoms with Crippen molar-refractivity contribution in [3.05, 3.63) is 10.5 Å². The molecule has 0 bridgehead atoms. The third-order valence-corrected chi connectivity index (χ3v) is 1.44. The third kappa shape index (κ3) is 1.66. The van der Waals surface area contributed by atoms with Gasteiger partial charge in [-0.2, -0.15) is 0 Å². The number of ether oxygens (including phenoxy) is 1. The second-order valence-electron chi connectivity index (χ2n) is 2.40. The Hall–Kier alpha value is -1.26. The second kappa shape index (κ2) is 3.94. The highest BCUT2D eigenvalue weighted by molar-refractivity contribution is 4.91. The molecular formula is C7H13N3O2. The molecule has 0 atom stereocenters. The number of aromatic amines is 1. The highest BCUT2D eigenvalue weighted by atomic mass is 16.5. The molecule has 0 saturated carbocycles. The number of nitrogens with zero attached hydrogens (tertiary/aromatic N) is 2. The van der Waals surface area contributed by atoms with Crippen molar-refractivity contribution in [1.82, 2.24) is 14.8 Å². The first kappa shape index (κ1) is 8.83. The maximum atomic E-state index is 11.1. The van der Waals surface area contributed by atoms with Gasteiger partial charge in [0.1, 0.15) is 0 Å². The van der Waals surface area contributed by atoms with Gasteiger partial charge in [0.2, 0.25) is 0 Å². The van der Waals surface area contributed by atoms with Gasteiger partial charge >= 0.3 is 11.7 Å². The number of nitrogens with one attached hydrogen (secondary N) is 1. The number of aromatic nitrogens is 3. The predicted molar refractivity (Wildman–Crippen MR) is 44.3 cm³/mol. The normalized spacial score (nSPS) is 10.2. The zero-order valence-corrected chi connectivity index (χ0v) is 7.33. The van der Waals surface area contributed by atoms with Gasteiger partial charge in [0.15, 0.2) is 0 Å². The van der Waals surface area contributed by atoms with E-state index in [0.29, 0.717) is 19.2 Å². The smallest absolute Gasteiger partial charge is 0.346 e. The lowest BCUT2D eigenvalue weighted by Gasteiger charge is -2.02. The number of rotatable bonds is 4. The molecule has 5 heteroatoms. The molecule has 0 fully saturated rings. The van der Waals surface area contributed by atoms with E-state index in [1.165, 1.54) is 4.57 Å². The summed E-state index contributed by atoms with van der Waals surface area (Å²) in [6.07, 6.45) is 0.888. The van der Waals surface area contributed by atoms with Crippen LogP contribution in [0.25, 0.3) is 0 Å². The zero-order valence-electron chi connectivity index (χ0n) is 7.33. The molecular weight excluding hydrogens is 158 g/mol. The molecule has 0 aliphatic heterocycles. The first-order chi connectivity index (χ1) is 5.79. The average Bonchev–Trinajstić information content (AvgIpc) is 2.37. The van der Waals surface area contributed by atoms with Crippen LogP contribution in [-0.4, -0.2) is 21.4 Å². The van der Waals surface area contributed by atoms with Crippen LogP contribution in [-0.2, 0) is 6.54 Å². The van der Waals surface area contributed by atoms with Crippen molar-refractivity contribution < 1.29 is 4.74 Å². The maximum Gasteiger partial charge on any atom is 0.346 e. The molecule has 1 heterocycles. The van der Waals surface area contributed by atoms with Gasteiger partial charge in [0, 0.05) is 6.54 Å². The van der Waals surface area contributed by atoms with Crippen LogP contribution in [0, 0.1) is 0 Å². The monoisotopic (exact) mass is 171 g/mol. The lowest BCUT2D eigenvalue weighted by Crippen LogP contribution is -2.17. The van der Waals surface area contributed by atoms with Crippen LogP contribution in [0.5, 0.6) is 6.01 Å². The summed E-state index contributed by atoms with van der Waals surface area (Å²) in [6.45, 7) is 5.02. The molecule has 0 aromatic carbocycles. The average molecular weight is 171 g/mol. The third-order valence-electron chi connectivity index (χ3n) is 1.44. The van der Waals surface area contributed by atoms with E-state index in [-0.39, 0.29) is 5.69 Å². The predicted octanol–water partition coefficient (Wildman–Crippen LogP) is 0.380. The molecule has 0 unspecified atom stereocenters. The maximum absolute atomic E-state index is 11.1. The summed E-state index contributed by atoms with van der Waals surface area (Å²) in [5.41, 5.74) is -0.208. The molecule has 1 aromatic heterocycles. The number of hydrogen-bond donors (Lipinski definition) is 1. The van der Waals surface area contributed by atoms with Crippen LogP contribution >= 0.6 is 0 Å². The van der Waals surface area contributed by atoms with Crippen molar-refractivity contribution in [2.75, 3.05) is 6.61 Å². The van der Waals surface area contributed by atoms with Crippen LogP contribution in [0.3, 0.4) is 0 Å². The Bertz CT molecular complexity index is 289. The quantitative estimate of drug-likeness (QED) is 0.712.